The van der Waals surface area contributed by atoms with E-state index < -0.39 is 0 Å². The van der Waals surface area contributed by atoms with Crippen LogP contribution in [-0.2, 0) is 4.74 Å². The van der Waals surface area contributed by atoms with Crippen LogP contribution in [0.4, 0.5) is 0 Å². The fourth-order valence-electron chi connectivity index (χ4n) is 2.00. The monoisotopic (exact) mass is 452 g/mol. The van der Waals surface area contributed by atoms with Gasteiger partial charge < -0.3 is 25.1 Å². The molecule has 0 aliphatic carbocycles. The Morgan fingerprint density at radius 3 is 2.46 bits per heavy atom. The van der Waals surface area contributed by atoms with Gasteiger partial charge in [0.15, 0.2) is 11.7 Å². The van der Waals surface area contributed by atoms with E-state index in [1.54, 1.807) is 26.3 Å². The molecule has 8 heteroatoms. The summed E-state index contributed by atoms with van der Waals surface area (Å²) in [5, 5.41) is 9.13. The Hall–Kier alpha value is -1.29. The standard InChI is InChI=1S/C16H28N4O3.HI/c1-16(2,3)13(22-5)11-20-15(17-4)19-9-8-18-14(21)12-7-6-10-23-12;/h6-7,10,13H,8-9,11H2,1-5H3,(H,18,21)(H2,17,19,20);1H. The van der Waals surface area contributed by atoms with Crippen LogP contribution in [0.15, 0.2) is 27.8 Å². The van der Waals surface area contributed by atoms with Gasteiger partial charge >= 0.3 is 0 Å². The molecule has 0 aliphatic rings. The van der Waals surface area contributed by atoms with Crippen molar-refractivity contribution in [2.75, 3.05) is 33.8 Å². The Bertz CT molecular complexity index is 498. The van der Waals surface area contributed by atoms with Gasteiger partial charge in [0, 0.05) is 33.8 Å². The van der Waals surface area contributed by atoms with E-state index in [4.69, 9.17) is 9.15 Å². The molecule has 7 nitrogen and oxygen atoms in total. The van der Waals surface area contributed by atoms with E-state index in [-0.39, 0.29) is 41.4 Å². The number of hydrogen-bond acceptors (Lipinski definition) is 4. The molecule has 0 bridgehead atoms. The maximum absolute atomic E-state index is 11.7. The van der Waals surface area contributed by atoms with Crippen molar-refractivity contribution in [2.45, 2.75) is 26.9 Å². The molecule has 0 radical (unpaired) electrons. The van der Waals surface area contributed by atoms with Crippen LogP contribution in [-0.4, -0.2) is 51.8 Å². The molecule has 1 aromatic heterocycles. The first kappa shape index (κ1) is 22.7. The first-order valence-corrected chi connectivity index (χ1v) is 7.67. The normalized spacial score (nSPS) is 13.0. The molecule has 1 unspecified atom stereocenters. The molecular weight excluding hydrogens is 423 g/mol. The predicted molar refractivity (Wildman–Crippen MR) is 106 cm³/mol. The van der Waals surface area contributed by atoms with Crippen molar-refractivity contribution in [3.63, 3.8) is 0 Å². The van der Waals surface area contributed by atoms with Crippen LogP contribution < -0.4 is 16.0 Å². The Balaban J connectivity index is 0.00000529. The number of hydrogen-bond donors (Lipinski definition) is 3. The number of aliphatic imine (C=N–C) groups is 1. The first-order chi connectivity index (χ1) is 10.9. The number of ether oxygens (including phenoxy) is 1. The Morgan fingerprint density at radius 2 is 1.96 bits per heavy atom. The van der Waals surface area contributed by atoms with Gasteiger partial charge in [0.05, 0.1) is 12.4 Å². The highest BCUT2D eigenvalue weighted by molar-refractivity contribution is 14.0. The molecule has 0 aromatic carbocycles. The van der Waals surface area contributed by atoms with E-state index in [9.17, 15) is 4.79 Å². The Morgan fingerprint density at radius 1 is 1.29 bits per heavy atom. The molecule has 138 valence electrons. The SMILES string of the molecule is CN=C(NCCNC(=O)c1ccco1)NCC(OC)C(C)(C)C.I. The number of methoxy groups -OCH3 is 1. The fourth-order valence-corrected chi connectivity index (χ4v) is 2.00. The molecule has 3 N–H and O–H groups in total. The Labute approximate surface area is 161 Å². The van der Waals surface area contributed by atoms with Gasteiger partial charge in [-0.3, -0.25) is 9.79 Å². The minimum atomic E-state index is -0.230. The lowest BCUT2D eigenvalue weighted by molar-refractivity contribution is 0.0205. The number of nitrogens with zero attached hydrogens (tertiary/aromatic N) is 1. The first-order valence-electron chi connectivity index (χ1n) is 7.67. The topological polar surface area (TPSA) is 87.9 Å². The van der Waals surface area contributed by atoms with E-state index in [0.717, 1.165) is 0 Å². The molecular formula is C16H29IN4O3. The molecule has 0 saturated heterocycles. The molecule has 1 heterocycles. The smallest absolute Gasteiger partial charge is 0.287 e. The summed E-state index contributed by atoms with van der Waals surface area (Å²) < 4.78 is 10.5. The molecule has 1 amide bonds. The van der Waals surface area contributed by atoms with Gasteiger partial charge in [0.1, 0.15) is 0 Å². The molecule has 0 fully saturated rings. The highest BCUT2D eigenvalue weighted by Gasteiger charge is 2.24. The largest absolute Gasteiger partial charge is 0.459 e. The molecule has 1 rings (SSSR count). The second kappa shape index (κ2) is 11.3. The number of rotatable bonds is 7. The predicted octanol–water partition coefficient (Wildman–Crippen LogP) is 1.85. The molecule has 1 atom stereocenters. The average molecular weight is 452 g/mol. The van der Waals surface area contributed by atoms with Crippen molar-refractivity contribution in [1.82, 2.24) is 16.0 Å². The summed E-state index contributed by atoms with van der Waals surface area (Å²) in [6, 6.07) is 3.31. The highest BCUT2D eigenvalue weighted by Crippen LogP contribution is 2.20. The summed E-state index contributed by atoms with van der Waals surface area (Å²) in [5.41, 5.74) is 0.0393. The maximum Gasteiger partial charge on any atom is 0.287 e. The van der Waals surface area contributed by atoms with Gasteiger partial charge in [-0.05, 0) is 17.5 Å². The zero-order chi connectivity index (χ0) is 17.3. The number of furan rings is 1. The summed E-state index contributed by atoms with van der Waals surface area (Å²) in [7, 11) is 3.41. The van der Waals surface area contributed by atoms with Gasteiger partial charge in [0.2, 0.25) is 0 Å². The van der Waals surface area contributed by atoms with Crippen LogP contribution in [0.2, 0.25) is 0 Å². The quantitative estimate of drug-likeness (QED) is 0.255. The number of carbonyl (C=O) groups excluding carboxylic acids is 1. The molecule has 24 heavy (non-hydrogen) atoms. The average Bonchev–Trinajstić information content (AvgIpc) is 3.02. The minimum absolute atomic E-state index is 0. The van der Waals surface area contributed by atoms with Crippen molar-refractivity contribution in [3.05, 3.63) is 24.2 Å². The third-order valence-corrected chi connectivity index (χ3v) is 3.38. The zero-order valence-electron chi connectivity index (χ0n) is 15.0. The van der Waals surface area contributed by atoms with Gasteiger partial charge in [-0.2, -0.15) is 0 Å². The van der Waals surface area contributed by atoms with Crippen LogP contribution in [0, 0.1) is 5.41 Å². The molecule has 0 aliphatic heterocycles. The third-order valence-electron chi connectivity index (χ3n) is 3.38. The second-order valence-corrected chi connectivity index (χ2v) is 6.20. The second-order valence-electron chi connectivity index (χ2n) is 6.20. The van der Waals surface area contributed by atoms with Crippen molar-refractivity contribution >= 4 is 35.8 Å². The van der Waals surface area contributed by atoms with E-state index in [2.05, 4.69) is 41.7 Å². The van der Waals surface area contributed by atoms with Crippen LogP contribution in [0.1, 0.15) is 31.3 Å². The van der Waals surface area contributed by atoms with Crippen LogP contribution in [0.5, 0.6) is 0 Å². The van der Waals surface area contributed by atoms with Crippen molar-refractivity contribution in [1.29, 1.82) is 0 Å². The van der Waals surface area contributed by atoms with Crippen LogP contribution in [0.3, 0.4) is 0 Å². The van der Waals surface area contributed by atoms with Crippen LogP contribution >= 0.6 is 24.0 Å². The van der Waals surface area contributed by atoms with Gasteiger partial charge in [-0.15, -0.1) is 24.0 Å². The summed E-state index contributed by atoms with van der Waals surface area (Å²) in [6.45, 7) is 8.06. The van der Waals surface area contributed by atoms with Crippen molar-refractivity contribution in [3.8, 4) is 0 Å². The molecule has 0 saturated carbocycles. The number of halogens is 1. The maximum atomic E-state index is 11.7. The van der Waals surface area contributed by atoms with Crippen molar-refractivity contribution < 1.29 is 13.9 Å². The fraction of sp³-hybridized carbons (Fsp3) is 0.625. The zero-order valence-corrected chi connectivity index (χ0v) is 17.3. The third kappa shape index (κ3) is 8.00. The summed E-state index contributed by atoms with van der Waals surface area (Å²) in [4.78, 5) is 15.8. The lowest BCUT2D eigenvalue weighted by Gasteiger charge is -2.30. The number of amides is 1. The number of nitrogens with one attached hydrogen (secondary N) is 3. The van der Waals surface area contributed by atoms with E-state index in [1.807, 2.05) is 0 Å². The van der Waals surface area contributed by atoms with E-state index >= 15 is 0 Å². The van der Waals surface area contributed by atoms with Crippen LogP contribution in [0.25, 0.3) is 0 Å². The summed E-state index contributed by atoms with van der Waals surface area (Å²) >= 11 is 0. The minimum Gasteiger partial charge on any atom is -0.459 e. The Kier molecular flexibility index (Phi) is 10.7. The molecule has 1 aromatic rings. The van der Waals surface area contributed by atoms with E-state index in [0.29, 0.717) is 31.4 Å². The van der Waals surface area contributed by atoms with E-state index in [1.165, 1.54) is 6.26 Å². The summed E-state index contributed by atoms with van der Waals surface area (Å²) in [5.74, 6) is 0.746. The highest BCUT2D eigenvalue weighted by atomic mass is 127. The lowest BCUT2D eigenvalue weighted by atomic mass is 9.89. The molecule has 0 spiro atoms. The number of carbonyl (C=O) groups is 1. The van der Waals surface area contributed by atoms with Crippen molar-refractivity contribution in [2.24, 2.45) is 10.4 Å². The lowest BCUT2D eigenvalue weighted by Crippen LogP contribution is -2.46. The number of guanidine groups is 1. The van der Waals surface area contributed by atoms with Gasteiger partial charge in [-0.1, -0.05) is 20.8 Å². The summed E-state index contributed by atoms with van der Waals surface area (Å²) in [6.07, 6.45) is 1.54. The van der Waals surface area contributed by atoms with Gasteiger partial charge in [-0.25, -0.2) is 0 Å². The van der Waals surface area contributed by atoms with Gasteiger partial charge in [0.25, 0.3) is 5.91 Å².